The standard InChI is InChI=1S/C22H27N3O4/c1-4-28-19-10-8-18(9-11-19)24-21(26)12-13-22(27)25-23-15-17-6-5-7-20(14-17)29-16(2)3/h5-11,14-16H,4,12-13H2,1-3H3,(H,24,26)(H,25,27). The van der Waals surface area contributed by atoms with Crippen LogP contribution in [0.3, 0.4) is 0 Å². The summed E-state index contributed by atoms with van der Waals surface area (Å²) in [7, 11) is 0. The average Bonchev–Trinajstić information content (AvgIpc) is 2.68. The topological polar surface area (TPSA) is 89.0 Å². The molecule has 0 atom stereocenters. The molecule has 7 nitrogen and oxygen atoms in total. The fourth-order valence-electron chi connectivity index (χ4n) is 2.43. The SMILES string of the molecule is CCOc1ccc(NC(=O)CCC(=O)NN=Cc2cccc(OC(C)C)c2)cc1. The molecule has 0 bridgehead atoms. The van der Waals surface area contributed by atoms with Gasteiger partial charge < -0.3 is 14.8 Å². The number of nitrogens with zero attached hydrogens (tertiary/aromatic N) is 1. The molecular weight excluding hydrogens is 370 g/mol. The average molecular weight is 397 g/mol. The van der Waals surface area contributed by atoms with Crippen LogP contribution in [0.5, 0.6) is 11.5 Å². The van der Waals surface area contributed by atoms with Gasteiger partial charge in [-0.05, 0) is 62.7 Å². The first kappa shape index (κ1) is 21.9. The molecule has 29 heavy (non-hydrogen) atoms. The highest BCUT2D eigenvalue weighted by Gasteiger charge is 2.07. The van der Waals surface area contributed by atoms with Crippen LogP contribution < -0.4 is 20.2 Å². The minimum absolute atomic E-state index is 0.0384. The van der Waals surface area contributed by atoms with E-state index in [1.807, 2.05) is 45.0 Å². The Hall–Kier alpha value is -3.35. The Morgan fingerprint density at radius 1 is 1.03 bits per heavy atom. The Morgan fingerprint density at radius 2 is 1.76 bits per heavy atom. The van der Waals surface area contributed by atoms with Gasteiger partial charge in [-0.3, -0.25) is 9.59 Å². The number of ether oxygens (including phenoxy) is 2. The van der Waals surface area contributed by atoms with Gasteiger partial charge in [-0.15, -0.1) is 0 Å². The molecule has 2 N–H and O–H groups in total. The summed E-state index contributed by atoms with van der Waals surface area (Å²) in [5.41, 5.74) is 3.88. The number of carbonyl (C=O) groups excluding carboxylic acids is 2. The molecule has 0 unspecified atom stereocenters. The van der Waals surface area contributed by atoms with Crippen molar-refractivity contribution < 1.29 is 19.1 Å². The Labute approximate surface area is 171 Å². The molecule has 0 saturated heterocycles. The van der Waals surface area contributed by atoms with Crippen LogP contribution in [0.2, 0.25) is 0 Å². The van der Waals surface area contributed by atoms with Crippen molar-refractivity contribution in [2.24, 2.45) is 5.10 Å². The normalized spacial score (nSPS) is 10.8. The maximum atomic E-state index is 12.0. The van der Waals surface area contributed by atoms with Crippen LogP contribution in [-0.4, -0.2) is 30.7 Å². The number of benzene rings is 2. The Bertz CT molecular complexity index is 832. The maximum Gasteiger partial charge on any atom is 0.240 e. The Kier molecular flexibility index (Phi) is 8.69. The van der Waals surface area contributed by atoms with Crippen molar-refractivity contribution in [2.75, 3.05) is 11.9 Å². The zero-order chi connectivity index (χ0) is 21.1. The molecule has 2 aromatic carbocycles. The first-order chi connectivity index (χ1) is 14.0. The molecule has 0 heterocycles. The van der Waals surface area contributed by atoms with Crippen LogP contribution in [0.1, 0.15) is 39.2 Å². The van der Waals surface area contributed by atoms with Gasteiger partial charge >= 0.3 is 0 Å². The summed E-state index contributed by atoms with van der Waals surface area (Å²) >= 11 is 0. The lowest BCUT2D eigenvalue weighted by atomic mass is 10.2. The first-order valence-corrected chi connectivity index (χ1v) is 9.57. The third-order valence-electron chi connectivity index (χ3n) is 3.66. The maximum absolute atomic E-state index is 12.0. The van der Waals surface area contributed by atoms with Crippen molar-refractivity contribution in [1.82, 2.24) is 5.43 Å². The number of rotatable bonds is 10. The molecule has 0 aliphatic carbocycles. The molecule has 0 aliphatic rings. The summed E-state index contributed by atoms with van der Waals surface area (Å²) in [6.07, 6.45) is 1.71. The van der Waals surface area contributed by atoms with E-state index >= 15 is 0 Å². The quantitative estimate of drug-likeness (QED) is 0.472. The van der Waals surface area contributed by atoms with E-state index in [0.29, 0.717) is 12.3 Å². The van der Waals surface area contributed by atoms with Gasteiger partial charge in [0.15, 0.2) is 0 Å². The summed E-state index contributed by atoms with van der Waals surface area (Å²) in [5, 5.41) is 6.67. The highest BCUT2D eigenvalue weighted by Crippen LogP contribution is 2.16. The number of hydrogen-bond acceptors (Lipinski definition) is 5. The predicted molar refractivity (Wildman–Crippen MR) is 113 cm³/mol. The Balaban J connectivity index is 1.73. The van der Waals surface area contributed by atoms with Crippen molar-refractivity contribution in [3.05, 3.63) is 54.1 Å². The summed E-state index contributed by atoms with van der Waals surface area (Å²) in [5.74, 6) is 0.898. The molecule has 0 radical (unpaired) electrons. The van der Waals surface area contributed by atoms with E-state index in [0.717, 1.165) is 17.1 Å². The molecule has 2 amide bonds. The summed E-state index contributed by atoms with van der Waals surface area (Å²) < 4.78 is 11.0. The molecule has 0 saturated carbocycles. The molecule has 2 aromatic rings. The third kappa shape index (κ3) is 8.47. The van der Waals surface area contributed by atoms with E-state index in [4.69, 9.17) is 9.47 Å². The minimum Gasteiger partial charge on any atom is -0.494 e. The van der Waals surface area contributed by atoms with Crippen molar-refractivity contribution in [2.45, 2.75) is 39.7 Å². The van der Waals surface area contributed by atoms with Crippen LogP contribution in [-0.2, 0) is 9.59 Å². The van der Waals surface area contributed by atoms with Gasteiger partial charge in [0.05, 0.1) is 18.9 Å². The van der Waals surface area contributed by atoms with Gasteiger partial charge in [-0.25, -0.2) is 5.43 Å². The fourth-order valence-corrected chi connectivity index (χ4v) is 2.43. The highest BCUT2D eigenvalue weighted by molar-refractivity contribution is 5.93. The highest BCUT2D eigenvalue weighted by atomic mass is 16.5. The number of amides is 2. The largest absolute Gasteiger partial charge is 0.494 e. The number of carbonyl (C=O) groups is 2. The van der Waals surface area contributed by atoms with Gasteiger partial charge in [0.25, 0.3) is 0 Å². The summed E-state index contributed by atoms with van der Waals surface area (Å²) in [4.78, 5) is 23.8. The smallest absolute Gasteiger partial charge is 0.240 e. The van der Waals surface area contributed by atoms with Crippen LogP contribution in [0, 0.1) is 0 Å². The monoisotopic (exact) mass is 397 g/mol. The number of hydrazone groups is 1. The Morgan fingerprint density at radius 3 is 2.45 bits per heavy atom. The second-order valence-electron chi connectivity index (χ2n) is 6.54. The molecule has 0 fully saturated rings. The molecule has 0 aliphatic heterocycles. The lowest BCUT2D eigenvalue weighted by Crippen LogP contribution is -2.20. The van der Waals surface area contributed by atoms with Crippen molar-refractivity contribution in [3.8, 4) is 11.5 Å². The van der Waals surface area contributed by atoms with E-state index in [1.165, 1.54) is 6.21 Å². The zero-order valence-electron chi connectivity index (χ0n) is 17.0. The van der Waals surface area contributed by atoms with Gasteiger partial charge in [-0.1, -0.05) is 12.1 Å². The molecule has 0 spiro atoms. The van der Waals surface area contributed by atoms with Gasteiger partial charge in [-0.2, -0.15) is 5.10 Å². The molecule has 154 valence electrons. The van der Waals surface area contributed by atoms with Crippen LogP contribution >= 0.6 is 0 Å². The van der Waals surface area contributed by atoms with E-state index in [1.54, 1.807) is 24.3 Å². The lowest BCUT2D eigenvalue weighted by molar-refractivity contribution is -0.124. The first-order valence-electron chi connectivity index (χ1n) is 9.57. The van der Waals surface area contributed by atoms with E-state index < -0.39 is 0 Å². The fraction of sp³-hybridized carbons (Fsp3) is 0.318. The minimum atomic E-state index is -0.335. The van der Waals surface area contributed by atoms with Crippen LogP contribution in [0.25, 0.3) is 0 Å². The van der Waals surface area contributed by atoms with Gasteiger partial charge in [0, 0.05) is 18.5 Å². The van der Waals surface area contributed by atoms with Gasteiger partial charge in [0.2, 0.25) is 11.8 Å². The lowest BCUT2D eigenvalue weighted by Gasteiger charge is -2.09. The van der Waals surface area contributed by atoms with Crippen LogP contribution in [0.15, 0.2) is 53.6 Å². The van der Waals surface area contributed by atoms with E-state index in [-0.39, 0.29) is 30.8 Å². The molecular formula is C22H27N3O4. The van der Waals surface area contributed by atoms with Crippen molar-refractivity contribution in [1.29, 1.82) is 0 Å². The summed E-state index contributed by atoms with van der Waals surface area (Å²) in [6.45, 7) is 6.39. The third-order valence-corrected chi connectivity index (χ3v) is 3.66. The molecule has 2 rings (SSSR count). The predicted octanol–water partition coefficient (Wildman–Crippen LogP) is 3.74. The second-order valence-corrected chi connectivity index (χ2v) is 6.54. The molecule has 7 heteroatoms. The van der Waals surface area contributed by atoms with E-state index in [2.05, 4.69) is 15.8 Å². The van der Waals surface area contributed by atoms with Crippen molar-refractivity contribution in [3.63, 3.8) is 0 Å². The number of nitrogens with one attached hydrogen (secondary N) is 2. The summed E-state index contributed by atoms with van der Waals surface area (Å²) in [6, 6.07) is 14.5. The van der Waals surface area contributed by atoms with Gasteiger partial charge in [0.1, 0.15) is 11.5 Å². The van der Waals surface area contributed by atoms with Crippen molar-refractivity contribution >= 4 is 23.7 Å². The van der Waals surface area contributed by atoms with E-state index in [9.17, 15) is 9.59 Å². The van der Waals surface area contributed by atoms with Crippen LogP contribution in [0.4, 0.5) is 5.69 Å². The zero-order valence-corrected chi connectivity index (χ0v) is 17.0. The number of hydrogen-bond donors (Lipinski definition) is 2. The second kappa shape index (κ2) is 11.5. The molecule has 0 aromatic heterocycles. The number of anilines is 1.